The number of aryl methyl sites for hydroxylation is 1. The number of pyridine rings is 1. The van der Waals surface area contributed by atoms with Gasteiger partial charge in [-0.3, -0.25) is 14.4 Å². The van der Waals surface area contributed by atoms with Crippen LogP contribution in [-0.4, -0.2) is 45.7 Å². The Kier molecular flexibility index (Phi) is 4.85. The van der Waals surface area contributed by atoms with Crippen molar-refractivity contribution in [2.45, 2.75) is 46.2 Å². The SMILES string of the molecule is CNC(=O)c1nc(-c2sc(NC(C)=O)nc2C)cc2c1C(=O)N(C(C)C1CC1)C2. The number of hydrogen-bond acceptors (Lipinski definition) is 6. The molecule has 1 unspecified atom stereocenters. The van der Waals surface area contributed by atoms with Gasteiger partial charge in [0.2, 0.25) is 5.91 Å². The average molecular weight is 414 g/mol. The Morgan fingerprint density at radius 1 is 1.31 bits per heavy atom. The van der Waals surface area contributed by atoms with Gasteiger partial charge in [0.1, 0.15) is 5.69 Å². The van der Waals surface area contributed by atoms with E-state index in [0.717, 1.165) is 23.3 Å². The van der Waals surface area contributed by atoms with Crippen molar-refractivity contribution in [3.05, 3.63) is 28.6 Å². The molecule has 8 nitrogen and oxygen atoms in total. The largest absolute Gasteiger partial charge is 0.354 e. The third-order valence-electron chi connectivity index (χ3n) is 5.47. The number of rotatable bonds is 5. The molecule has 1 aliphatic heterocycles. The van der Waals surface area contributed by atoms with Crippen LogP contribution in [0, 0.1) is 12.8 Å². The molecule has 1 atom stereocenters. The van der Waals surface area contributed by atoms with Crippen LogP contribution >= 0.6 is 11.3 Å². The molecule has 1 aliphatic carbocycles. The fourth-order valence-electron chi connectivity index (χ4n) is 3.76. The van der Waals surface area contributed by atoms with Crippen LogP contribution in [0.4, 0.5) is 5.13 Å². The van der Waals surface area contributed by atoms with E-state index in [0.29, 0.717) is 34.5 Å². The van der Waals surface area contributed by atoms with E-state index in [9.17, 15) is 14.4 Å². The van der Waals surface area contributed by atoms with Gasteiger partial charge in [0.15, 0.2) is 5.13 Å². The van der Waals surface area contributed by atoms with Crippen molar-refractivity contribution in [1.82, 2.24) is 20.2 Å². The zero-order valence-corrected chi connectivity index (χ0v) is 17.6. The van der Waals surface area contributed by atoms with E-state index >= 15 is 0 Å². The molecule has 2 N–H and O–H groups in total. The first-order valence-corrected chi connectivity index (χ1v) is 10.4. The number of amides is 3. The summed E-state index contributed by atoms with van der Waals surface area (Å²) in [6, 6.07) is 2.02. The standard InChI is InChI=1S/C20H23N5O3S/c1-9-17(29-20(22-9)23-11(3)26)14-7-13-8-25(10(2)12-5-6-12)19(28)15(13)16(24-14)18(27)21-4/h7,10,12H,5-6,8H2,1-4H3,(H,21,27)(H,22,23,26). The number of fused-ring (bicyclic) bond motifs is 1. The average Bonchev–Trinajstić information content (AvgIpc) is 3.39. The second-order valence-corrected chi connectivity index (χ2v) is 8.59. The maximum Gasteiger partial charge on any atom is 0.270 e. The molecule has 1 fully saturated rings. The number of nitrogens with zero attached hydrogens (tertiary/aromatic N) is 3. The number of thiazole rings is 1. The van der Waals surface area contributed by atoms with E-state index in [2.05, 4.69) is 27.5 Å². The van der Waals surface area contributed by atoms with E-state index in [-0.39, 0.29) is 29.5 Å². The van der Waals surface area contributed by atoms with Crippen LogP contribution in [0.3, 0.4) is 0 Å². The molecule has 0 bridgehead atoms. The van der Waals surface area contributed by atoms with Gasteiger partial charge in [0.05, 0.1) is 21.8 Å². The van der Waals surface area contributed by atoms with E-state index in [1.165, 1.54) is 25.3 Å². The summed E-state index contributed by atoms with van der Waals surface area (Å²) < 4.78 is 0. The normalized spacial score (nSPS) is 16.6. The highest BCUT2D eigenvalue weighted by Gasteiger charge is 2.41. The van der Waals surface area contributed by atoms with Crippen molar-refractivity contribution in [2.24, 2.45) is 5.92 Å². The first kappa shape index (κ1) is 19.5. The molecule has 0 radical (unpaired) electrons. The Morgan fingerprint density at radius 3 is 2.66 bits per heavy atom. The van der Waals surface area contributed by atoms with Gasteiger partial charge < -0.3 is 15.5 Å². The predicted octanol–water partition coefficient (Wildman–Crippen LogP) is 2.59. The molecule has 1 saturated carbocycles. The molecule has 0 spiro atoms. The summed E-state index contributed by atoms with van der Waals surface area (Å²) in [5, 5.41) is 5.76. The summed E-state index contributed by atoms with van der Waals surface area (Å²) in [6.07, 6.45) is 2.28. The van der Waals surface area contributed by atoms with E-state index < -0.39 is 0 Å². The van der Waals surface area contributed by atoms with Crippen LogP contribution in [-0.2, 0) is 11.3 Å². The Balaban J connectivity index is 1.78. The minimum absolute atomic E-state index is 0.128. The Morgan fingerprint density at radius 2 is 2.03 bits per heavy atom. The van der Waals surface area contributed by atoms with Crippen LogP contribution in [0.1, 0.15) is 58.8 Å². The second kappa shape index (κ2) is 7.22. The molecule has 0 saturated heterocycles. The van der Waals surface area contributed by atoms with Gasteiger partial charge in [-0.15, -0.1) is 0 Å². The monoisotopic (exact) mass is 413 g/mol. The Labute approximate surface area is 172 Å². The minimum Gasteiger partial charge on any atom is -0.354 e. The maximum absolute atomic E-state index is 13.1. The molecule has 2 aromatic heterocycles. The fraction of sp³-hybridized carbons (Fsp3) is 0.450. The highest BCUT2D eigenvalue weighted by molar-refractivity contribution is 7.19. The summed E-state index contributed by atoms with van der Waals surface area (Å²) >= 11 is 1.30. The van der Waals surface area contributed by atoms with Gasteiger partial charge in [0, 0.05) is 26.6 Å². The van der Waals surface area contributed by atoms with Crippen molar-refractivity contribution >= 4 is 34.2 Å². The first-order chi connectivity index (χ1) is 13.8. The number of hydrogen-bond donors (Lipinski definition) is 2. The second-order valence-electron chi connectivity index (χ2n) is 7.60. The fourth-order valence-corrected chi connectivity index (χ4v) is 4.73. The molecule has 0 aromatic carbocycles. The molecule has 3 heterocycles. The minimum atomic E-state index is -0.387. The van der Waals surface area contributed by atoms with Crippen LogP contribution in [0.25, 0.3) is 10.6 Å². The van der Waals surface area contributed by atoms with Crippen LogP contribution in [0.15, 0.2) is 6.07 Å². The number of carbonyl (C=O) groups excluding carboxylic acids is 3. The summed E-state index contributed by atoms with van der Waals surface area (Å²) in [4.78, 5) is 48.5. The smallest absolute Gasteiger partial charge is 0.270 e. The molecule has 152 valence electrons. The van der Waals surface area contributed by atoms with Crippen molar-refractivity contribution in [3.8, 4) is 10.6 Å². The van der Waals surface area contributed by atoms with Gasteiger partial charge in [0.25, 0.3) is 11.8 Å². The van der Waals surface area contributed by atoms with Crippen molar-refractivity contribution in [3.63, 3.8) is 0 Å². The lowest BCUT2D eigenvalue weighted by molar-refractivity contribution is -0.114. The third kappa shape index (κ3) is 3.50. The molecule has 4 rings (SSSR count). The Bertz CT molecular complexity index is 1030. The maximum atomic E-state index is 13.1. The lowest BCUT2D eigenvalue weighted by Gasteiger charge is -2.23. The van der Waals surface area contributed by atoms with Crippen LogP contribution < -0.4 is 10.6 Å². The van der Waals surface area contributed by atoms with Gasteiger partial charge in [-0.1, -0.05) is 11.3 Å². The summed E-state index contributed by atoms with van der Waals surface area (Å²) in [5.41, 5.74) is 2.64. The molecular weight excluding hydrogens is 390 g/mol. The van der Waals surface area contributed by atoms with Crippen molar-refractivity contribution in [1.29, 1.82) is 0 Å². The predicted molar refractivity (Wildman–Crippen MR) is 110 cm³/mol. The van der Waals surface area contributed by atoms with E-state index in [1.807, 2.05) is 17.9 Å². The van der Waals surface area contributed by atoms with E-state index in [1.54, 1.807) is 0 Å². The Hall–Kier alpha value is -2.81. The number of anilines is 1. The topological polar surface area (TPSA) is 104 Å². The van der Waals surface area contributed by atoms with Gasteiger partial charge in [-0.2, -0.15) is 0 Å². The number of nitrogens with one attached hydrogen (secondary N) is 2. The van der Waals surface area contributed by atoms with Crippen LogP contribution in [0.5, 0.6) is 0 Å². The summed E-state index contributed by atoms with van der Waals surface area (Å²) in [6.45, 7) is 5.80. The zero-order valence-electron chi connectivity index (χ0n) is 16.8. The van der Waals surface area contributed by atoms with Gasteiger partial charge in [-0.05, 0) is 44.2 Å². The molecular formula is C20H23N5O3S. The molecule has 2 aromatic rings. The van der Waals surface area contributed by atoms with Crippen molar-refractivity contribution in [2.75, 3.05) is 12.4 Å². The van der Waals surface area contributed by atoms with E-state index in [4.69, 9.17) is 0 Å². The highest BCUT2D eigenvalue weighted by atomic mass is 32.1. The molecule has 2 aliphatic rings. The molecule has 9 heteroatoms. The lowest BCUT2D eigenvalue weighted by Crippen LogP contribution is -2.35. The highest BCUT2D eigenvalue weighted by Crippen LogP contribution is 2.40. The van der Waals surface area contributed by atoms with Gasteiger partial charge >= 0.3 is 0 Å². The molecule has 29 heavy (non-hydrogen) atoms. The first-order valence-electron chi connectivity index (χ1n) is 9.62. The summed E-state index contributed by atoms with van der Waals surface area (Å²) in [5.74, 6) is -0.180. The third-order valence-corrected chi connectivity index (χ3v) is 6.56. The van der Waals surface area contributed by atoms with Gasteiger partial charge in [-0.25, -0.2) is 9.97 Å². The number of carbonyl (C=O) groups is 3. The quantitative estimate of drug-likeness (QED) is 0.784. The van der Waals surface area contributed by atoms with Crippen molar-refractivity contribution < 1.29 is 14.4 Å². The number of aromatic nitrogens is 2. The zero-order chi connectivity index (χ0) is 20.9. The molecule has 3 amide bonds. The lowest BCUT2D eigenvalue weighted by atomic mass is 10.1. The van der Waals surface area contributed by atoms with Crippen LogP contribution in [0.2, 0.25) is 0 Å². The summed E-state index contributed by atoms with van der Waals surface area (Å²) in [7, 11) is 1.53.